The summed E-state index contributed by atoms with van der Waals surface area (Å²) in [5, 5.41) is 9.89. The molecule has 0 saturated heterocycles. The third kappa shape index (κ3) is 7.80. The number of hydrogen-bond donors (Lipinski definition) is 1. The third-order valence-electron chi connectivity index (χ3n) is 2.87. The van der Waals surface area contributed by atoms with E-state index >= 15 is 0 Å². The van der Waals surface area contributed by atoms with E-state index in [1.807, 2.05) is 0 Å². The van der Waals surface area contributed by atoms with Crippen LogP contribution < -0.4 is 0 Å². The first-order valence-electron chi connectivity index (χ1n) is 6.10. The summed E-state index contributed by atoms with van der Waals surface area (Å²) in [7, 11) is 2.14. The lowest BCUT2D eigenvalue weighted by Gasteiger charge is -2.28. The molecule has 0 radical (unpaired) electrons. The molecule has 1 N–H and O–H groups in total. The summed E-state index contributed by atoms with van der Waals surface area (Å²) in [5.74, 6) is 0.764. The van der Waals surface area contributed by atoms with Crippen LogP contribution in [0.2, 0.25) is 0 Å². The molecule has 1 unspecified atom stereocenters. The van der Waals surface area contributed by atoms with Crippen LogP contribution in [0.1, 0.15) is 47.5 Å². The highest BCUT2D eigenvalue weighted by Crippen LogP contribution is 2.21. The summed E-state index contributed by atoms with van der Waals surface area (Å²) in [6, 6.07) is 0. The molecule has 0 heterocycles. The molecule has 0 fully saturated rings. The quantitative estimate of drug-likeness (QED) is 0.736. The Bertz CT molecular complexity index is 160. The van der Waals surface area contributed by atoms with Gasteiger partial charge in [-0.2, -0.15) is 0 Å². The Morgan fingerprint density at radius 2 is 1.53 bits per heavy atom. The van der Waals surface area contributed by atoms with Crippen LogP contribution in [-0.2, 0) is 0 Å². The maximum atomic E-state index is 9.89. The van der Waals surface area contributed by atoms with Crippen molar-refractivity contribution >= 4 is 0 Å². The van der Waals surface area contributed by atoms with Crippen LogP contribution in [0.15, 0.2) is 0 Å². The molecule has 0 aromatic carbocycles. The second kappa shape index (κ2) is 6.49. The van der Waals surface area contributed by atoms with Crippen molar-refractivity contribution in [2.75, 3.05) is 20.1 Å². The molecular weight excluding hydrogens is 186 g/mol. The van der Waals surface area contributed by atoms with Gasteiger partial charge in [-0.15, -0.1) is 0 Å². The Hall–Kier alpha value is -0.0800. The molecule has 15 heavy (non-hydrogen) atoms. The van der Waals surface area contributed by atoms with Crippen LogP contribution in [0.4, 0.5) is 0 Å². The van der Waals surface area contributed by atoms with Gasteiger partial charge in [0.15, 0.2) is 0 Å². The van der Waals surface area contributed by atoms with E-state index in [1.165, 1.54) is 6.42 Å². The SMILES string of the molecule is CC(C)CCN(C)CCC(O)C(C)(C)C. The molecular formula is C13H29NO. The van der Waals surface area contributed by atoms with Gasteiger partial charge in [0.1, 0.15) is 0 Å². The summed E-state index contributed by atoms with van der Waals surface area (Å²) >= 11 is 0. The minimum Gasteiger partial charge on any atom is -0.393 e. The van der Waals surface area contributed by atoms with Crippen LogP contribution in [0.25, 0.3) is 0 Å². The van der Waals surface area contributed by atoms with Crippen LogP contribution in [0.5, 0.6) is 0 Å². The maximum Gasteiger partial charge on any atom is 0.0600 e. The molecule has 0 aromatic rings. The van der Waals surface area contributed by atoms with Gasteiger partial charge in [-0.3, -0.25) is 0 Å². The molecule has 0 aliphatic heterocycles. The summed E-state index contributed by atoms with van der Waals surface area (Å²) < 4.78 is 0. The Morgan fingerprint density at radius 3 is 1.93 bits per heavy atom. The lowest BCUT2D eigenvalue weighted by atomic mass is 9.87. The zero-order valence-electron chi connectivity index (χ0n) is 11.4. The highest BCUT2D eigenvalue weighted by atomic mass is 16.3. The van der Waals surface area contributed by atoms with E-state index in [0.29, 0.717) is 0 Å². The first-order chi connectivity index (χ1) is 6.73. The van der Waals surface area contributed by atoms with Crippen LogP contribution in [-0.4, -0.2) is 36.2 Å². The molecule has 2 heteroatoms. The van der Waals surface area contributed by atoms with Crippen molar-refractivity contribution in [1.82, 2.24) is 4.90 Å². The monoisotopic (exact) mass is 215 g/mol. The van der Waals surface area contributed by atoms with Crippen LogP contribution in [0, 0.1) is 11.3 Å². The predicted molar refractivity (Wildman–Crippen MR) is 67.0 cm³/mol. The molecule has 0 bridgehead atoms. The predicted octanol–water partition coefficient (Wildman–Crippen LogP) is 2.76. The topological polar surface area (TPSA) is 23.5 Å². The molecule has 0 amide bonds. The first-order valence-corrected chi connectivity index (χ1v) is 6.10. The minimum absolute atomic E-state index is 0.0128. The standard InChI is InChI=1S/C13H29NO/c1-11(2)7-9-14(6)10-8-12(15)13(3,4)5/h11-12,15H,7-10H2,1-6H3. The minimum atomic E-state index is -0.195. The van der Waals surface area contributed by atoms with Gasteiger partial charge in [-0.25, -0.2) is 0 Å². The smallest absolute Gasteiger partial charge is 0.0600 e. The zero-order chi connectivity index (χ0) is 12.1. The summed E-state index contributed by atoms with van der Waals surface area (Å²) in [4.78, 5) is 2.31. The Balaban J connectivity index is 3.66. The van der Waals surface area contributed by atoms with Crippen molar-refractivity contribution in [3.05, 3.63) is 0 Å². The fourth-order valence-electron chi connectivity index (χ4n) is 1.37. The molecule has 0 spiro atoms. The second-order valence-corrected chi connectivity index (χ2v) is 6.16. The second-order valence-electron chi connectivity index (χ2n) is 6.16. The molecule has 0 aromatic heterocycles. The molecule has 92 valence electrons. The van der Waals surface area contributed by atoms with E-state index in [1.54, 1.807) is 0 Å². The van der Waals surface area contributed by atoms with Gasteiger partial charge in [0.25, 0.3) is 0 Å². The zero-order valence-corrected chi connectivity index (χ0v) is 11.4. The number of hydrogen-bond acceptors (Lipinski definition) is 2. The molecule has 0 rings (SSSR count). The molecule has 0 saturated carbocycles. The van der Waals surface area contributed by atoms with Gasteiger partial charge >= 0.3 is 0 Å². The Kier molecular flexibility index (Phi) is 6.46. The normalized spacial score (nSPS) is 15.0. The van der Waals surface area contributed by atoms with E-state index in [9.17, 15) is 5.11 Å². The maximum absolute atomic E-state index is 9.89. The number of aliphatic hydroxyl groups excluding tert-OH is 1. The fraction of sp³-hybridized carbons (Fsp3) is 1.00. The summed E-state index contributed by atoms with van der Waals surface area (Å²) in [5.41, 5.74) is 0.0128. The van der Waals surface area contributed by atoms with E-state index in [0.717, 1.165) is 25.4 Å². The van der Waals surface area contributed by atoms with E-state index in [-0.39, 0.29) is 11.5 Å². The largest absolute Gasteiger partial charge is 0.393 e. The van der Waals surface area contributed by atoms with E-state index in [4.69, 9.17) is 0 Å². The van der Waals surface area contributed by atoms with Crippen molar-refractivity contribution in [2.24, 2.45) is 11.3 Å². The Labute approximate surface area is 95.7 Å². The van der Waals surface area contributed by atoms with Crippen molar-refractivity contribution < 1.29 is 5.11 Å². The number of aliphatic hydroxyl groups is 1. The summed E-state index contributed by atoms with van der Waals surface area (Å²) in [6.07, 6.45) is 1.92. The fourth-order valence-corrected chi connectivity index (χ4v) is 1.37. The van der Waals surface area contributed by atoms with Gasteiger partial charge in [-0.05, 0) is 37.8 Å². The van der Waals surface area contributed by atoms with Crippen molar-refractivity contribution in [1.29, 1.82) is 0 Å². The first kappa shape index (κ1) is 14.9. The lowest BCUT2D eigenvalue weighted by Crippen LogP contribution is -2.31. The van der Waals surface area contributed by atoms with Crippen LogP contribution >= 0.6 is 0 Å². The van der Waals surface area contributed by atoms with Crippen molar-refractivity contribution in [2.45, 2.75) is 53.6 Å². The molecule has 0 aliphatic carbocycles. The molecule has 1 atom stereocenters. The van der Waals surface area contributed by atoms with Crippen molar-refractivity contribution in [3.8, 4) is 0 Å². The third-order valence-corrected chi connectivity index (χ3v) is 2.87. The average molecular weight is 215 g/mol. The number of nitrogens with zero attached hydrogens (tertiary/aromatic N) is 1. The lowest BCUT2D eigenvalue weighted by molar-refractivity contribution is 0.0476. The van der Waals surface area contributed by atoms with E-state index < -0.39 is 0 Å². The van der Waals surface area contributed by atoms with E-state index in [2.05, 4.69) is 46.6 Å². The van der Waals surface area contributed by atoms with Crippen molar-refractivity contribution in [3.63, 3.8) is 0 Å². The van der Waals surface area contributed by atoms with Gasteiger partial charge < -0.3 is 10.0 Å². The van der Waals surface area contributed by atoms with Gasteiger partial charge in [-0.1, -0.05) is 34.6 Å². The van der Waals surface area contributed by atoms with Gasteiger partial charge in [0, 0.05) is 6.54 Å². The Morgan fingerprint density at radius 1 is 1.07 bits per heavy atom. The number of rotatable bonds is 6. The van der Waals surface area contributed by atoms with Gasteiger partial charge in [0.2, 0.25) is 0 Å². The average Bonchev–Trinajstić information content (AvgIpc) is 2.09. The van der Waals surface area contributed by atoms with Gasteiger partial charge in [0.05, 0.1) is 6.10 Å². The molecule has 0 aliphatic rings. The van der Waals surface area contributed by atoms with Crippen LogP contribution in [0.3, 0.4) is 0 Å². The molecule has 2 nitrogen and oxygen atoms in total. The highest BCUT2D eigenvalue weighted by Gasteiger charge is 2.21. The summed E-state index contributed by atoms with van der Waals surface area (Å²) in [6.45, 7) is 12.9. The highest BCUT2D eigenvalue weighted by molar-refractivity contribution is 4.73.